The summed E-state index contributed by atoms with van der Waals surface area (Å²) in [5, 5.41) is 17.6. The zero-order valence-corrected chi connectivity index (χ0v) is 11.4. The molecule has 2 heterocycles. The minimum atomic E-state index is -0.923. The van der Waals surface area contributed by atoms with Crippen molar-refractivity contribution >= 4 is 5.97 Å². The molecule has 0 aliphatic carbocycles. The monoisotopic (exact) mass is 288 g/mol. The van der Waals surface area contributed by atoms with Gasteiger partial charge in [-0.05, 0) is 12.1 Å². The molecule has 0 saturated carbocycles. The third-order valence-electron chi connectivity index (χ3n) is 3.34. The molecule has 1 N–H and O–H groups in total. The Bertz CT molecular complexity index is 614. The fraction of sp³-hybridized carbons (Fsp3) is 0.357. The van der Waals surface area contributed by atoms with Crippen LogP contribution in [-0.4, -0.2) is 56.8 Å². The number of carboxylic acids is 1. The van der Waals surface area contributed by atoms with Crippen LogP contribution in [0.25, 0.3) is 5.69 Å². The van der Waals surface area contributed by atoms with Crippen LogP contribution in [0, 0.1) is 0 Å². The molecule has 0 spiro atoms. The van der Waals surface area contributed by atoms with Gasteiger partial charge >= 0.3 is 5.97 Å². The van der Waals surface area contributed by atoms with Gasteiger partial charge < -0.3 is 9.84 Å². The summed E-state index contributed by atoms with van der Waals surface area (Å²) in [6, 6.07) is 9.65. The lowest BCUT2D eigenvalue weighted by Crippen LogP contribution is -2.45. The van der Waals surface area contributed by atoms with E-state index in [-0.39, 0.29) is 0 Å². The smallest absolute Gasteiger partial charge is 0.334 e. The molecule has 7 heteroatoms. The second kappa shape index (κ2) is 6.02. The fourth-order valence-corrected chi connectivity index (χ4v) is 2.28. The van der Waals surface area contributed by atoms with E-state index < -0.39 is 12.1 Å². The summed E-state index contributed by atoms with van der Waals surface area (Å²) < 4.78 is 5.20. The van der Waals surface area contributed by atoms with Crippen molar-refractivity contribution in [3.05, 3.63) is 42.2 Å². The highest BCUT2D eigenvalue weighted by atomic mass is 16.5. The first-order chi connectivity index (χ1) is 10.2. The van der Waals surface area contributed by atoms with Crippen molar-refractivity contribution in [3.63, 3.8) is 0 Å². The molecule has 110 valence electrons. The number of carboxylic acid groups (broad SMARTS) is 1. The average molecular weight is 288 g/mol. The third-order valence-corrected chi connectivity index (χ3v) is 3.34. The highest BCUT2D eigenvalue weighted by molar-refractivity contribution is 5.72. The first-order valence-corrected chi connectivity index (χ1v) is 6.76. The standard InChI is InChI=1S/C14H16N4O3/c19-14(20)13-10-17(6-7-21-13)9-11-8-15-18(16-11)12-4-2-1-3-5-12/h1-5,8,13H,6-7,9-10H2,(H,19,20). The normalized spacial score (nSPS) is 19.5. The van der Waals surface area contributed by atoms with Gasteiger partial charge in [0.2, 0.25) is 0 Å². The molecule has 3 rings (SSSR count). The Kier molecular flexibility index (Phi) is 3.94. The Labute approximate surface area is 121 Å². The molecule has 1 unspecified atom stereocenters. The van der Waals surface area contributed by atoms with Crippen molar-refractivity contribution < 1.29 is 14.6 Å². The molecular weight excluding hydrogens is 272 g/mol. The molecule has 1 aromatic heterocycles. The SMILES string of the molecule is O=C(O)C1CN(Cc2cnn(-c3ccccc3)n2)CCO1. The van der Waals surface area contributed by atoms with E-state index >= 15 is 0 Å². The van der Waals surface area contributed by atoms with Crippen molar-refractivity contribution in [1.29, 1.82) is 0 Å². The second-order valence-corrected chi connectivity index (χ2v) is 4.89. The number of ether oxygens (including phenoxy) is 1. The largest absolute Gasteiger partial charge is 0.479 e. The molecule has 21 heavy (non-hydrogen) atoms. The number of aliphatic carboxylic acids is 1. The van der Waals surface area contributed by atoms with Gasteiger partial charge in [-0.2, -0.15) is 15.0 Å². The molecule has 0 bridgehead atoms. The minimum absolute atomic E-state index is 0.369. The van der Waals surface area contributed by atoms with Crippen LogP contribution in [-0.2, 0) is 16.1 Å². The minimum Gasteiger partial charge on any atom is -0.479 e. The highest BCUT2D eigenvalue weighted by Gasteiger charge is 2.26. The van der Waals surface area contributed by atoms with Crippen molar-refractivity contribution in [3.8, 4) is 5.69 Å². The van der Waals surface area contributed by atoms with Crippen LogP contribution in [0.3, 0.4) is 0 Å². The van der Waals surface area contributed by atoms with Gasteiger partial charge in [-0.1, -0.05) is 18.2 Å². The Balaban J connectivity index is 1.66. The predicted molar refractivity (Wildman–Crippen MR) is 74.0 cm³/mol. The van der Waals surface area contributed by atoms with Gasteiger partial charge in [0.05, 0.1) is 24.2 Å². The van der Waals surface area contributed by atoms with Crippen molar-refractivity contribution in [1.82, 2.24) is 19.9 Å². The molecule has 0 radical (unpaired) electrons. The molecule has 7 nitrogen and oxygen atoms in total. The quantitative estimate of drug-likeness (QED) is 0.885. The van der Waals surface area contributed by atoms with Gasteiger partial charge in [0, 0.05) is 19.6 Å². The highest BCUT2D eigenvalue weighted by Crippen LogP contribution is 2.10. The first kappa shape index (κ1) is 13.7. The average Bonchev–Trinajstić information content (AvgIpc) is 2.97. The lowest BCUT2D eigenvalue weighted by Gasteiger charge is -2.29. The number of morpholine rings is 1. The number of carbonyl (C=O) groups is 1. The number of hydrogen-bond donors (Lipinski definition) is 1. The van der Waals surface area contributed by atoms with E-state index in [0.29, 0.717) is 26.2 Å². The molecule has 1 aromatic carbocycles. The lowest BCUT2D eigenvalue weighted by atomic mass is 10.2. The van der Waals surface area contributed by atoms with Gasteiger partial charge in [-0.25, -0.2) is 4.79 Å². The zero-order chi connectivity index (χ0) is 14.7. The van der Waals surface area contributed by atoms with Crippen LogP contribution < -0.4 is 0 Å². The van der Waals surface area contributed by atoms with E-state index in [1.807, 2.05) is 35.2 Å². The van der Waals surface area contributed by atoms with Gasteiger partial charge in [0.1, 0.15) is 0 Å². The Morgan fingerprint density at radius 3 is 2.95 bits per heavy atom. The third kappa shape index (κ3) is 3.26. The van der Waals surface area contributed by atoms with Gasteiger partial charge in [0.15, 0.2) is 6.10 Å². The topological polar surface area (TPSA) is 80.5 Å². The summed E-state index contributed by atoms with van der Waals surface area (Å²) in [7, 11) is 0. The van der Waals surface area contributed by atoms with Gasteiger partial charge in [-0.15, -0.1) is 0 Å². The Hall–Kier alpha value is -2.25. The van der Waals surface area contributed by atoms with Crippen LogP contribution >= 0.6 is 0 Å². The summed E-state index contributed by atoms with van der Waals surface area (Å²) in [4.78, 5) is 14.5. The Morgan fingerprint density at radius 2 is 2.19 bits per heavy atom. The lowest BCUT2D eigenvalue weighted by molar-refractivity contribution is -0.156. The van der Waals surface area contributed by atoms with Gasteiger partial charge in [-0.3, -0.25) is 4.90 Å². The van der Waals surface area contributed by atoms with Crippen LogP contribution in [0.5, 0.6) is 0 Å². The van der Waals surface area contributed by atoms with E-state index in [1.54, 1.807) is 11.0 Å². The summed E-state index contributed by atoms with van der Waals surface area (Å²) in [6.45, 7) is 2.05. The number of nitrogens with zero attached hydrogens (tertiary/aromatic N) is 4. The first-order valence-electron chi connectivity index (χ1n) is 6.76. The molecule has 1 aliphatic heterocycles. The van der Waals surface area contributed by atoms with E-state index in [0.717, 1.165) is 11.4 Å². The van der Waals surface area contributed by atoms with E-state index in [2.05, 4.69) is 10.2 Å². The van der Waals surface area contributed by atoms with Crippen LogP contribution in [0.15, 0.2) is 36.5 Å². The molecule has 1 aliphatic rings. The van der Waals surface area contributed by atoms with Gasteiger partial charge in [0.25, 0.3) is 0 Å². The fourth-order valence-electron chi connectivity index (χ4n) is 2.28. The predicted octanol–water partition coefficient (Wildman–Crippen LogP) is 0.553. The van der Waals surface area contributed by atoms with Crippen molar-refractivity contribution in [2.75, 3.05) is 19.7 Å². The molecular formula is C14H16N4O3. The van der Waals surface area contributed by atoms with Crippen LogP contribution in [0.4, 0.5) is 0 Å². The molecule has 1 fully saturated rings. The van der Waals surface area contributed by atoms with E-state index in [1.165, 1.54) is 0 Å². The summed E-state index contributed by atoms with van der Waals surface area (Å²) in [5.74, 6) is -0.923. The van der Waals surface area contributed by atoms with Crippen molar-refractivity contribution in [2.45, 2.75) is 12.6 Å². The molecule has 1 saturated heterocycles. The molecule has 2 aromatic rings. The molecule has 1 atom stereocenters. The van der Waals surface area contributed by atoms with E-state index in [4.69, 9.17) is 9.84 Å². The number of rotatable bonds is 4. The van der Waals surface area contributed by atoms with E-state index in [9.17, 15) is 4.79 Å². The van der Waals surface area contributed by atoms with Crippen LogP contribution in [0.2, 0.25) is 0 Å². The van der Waals surface area contributed by atoms with Crippen LogP contribution in [0.1, 0.15) is 5.69 Å². The van der Waals surface area contributed by atoms with Crippen molar-refractivity contribution in [2.24, 2.45) is 0 Å². The summed E-state index contributed by atoms with van der Waals surface area (Å²) >= 11 is 0. The maximum atomic E-state index is 11.0. The zero-order valence-electron chi connectivity index (χ0n) is 11.4. The number of aromatic nitrogens is 3. The molecule has 0 amide bonds. The maximum absolute atomic E-state index is 11.0. The number of benzene rings is 1. The number of para-hydroxylation sites is 1. The summed E-state index contributed by atoms with van der Waals surface area (Å²) in [6.07, 6.45) is 0.945. The number of hydrogen-bond acceptors (Lipinski definition) is 5. The summed E-state index contributed by atoms with van der Waals surface area (Å²) in [5.41, 5.74) is 1.71. The Morgan fingerprint density at radius 1 is 1.38 bits per heavy atom. The maximum Gasteiger partial charge on any atom is 0.334 e. The second-order valence-electron chi connectivity index (χ2n) is 4.89.